The van der Waals surface area contributed by atoms with Gasteiger partial charge in [0.1, 0.15) is 5.75 Å². The number of rotatable bonds is 5. The van der Waals surface area contributed by atoms with E-state index in [0.717, 1.165) is 25.4 Å². The van der Waals surface area contributed by atoms with E-state index in [1.807, 2.05) is 6.07 Å². The van der Waals surface area contributed by atoms with Crippen LogP contribution in [0, 0.1) is 13.8 Å². The molecule has 0 aliphatic rings. The monoisotopic (exact) mass is 194 g/mol. The van der Waals surface area contributed by atoms with Crippen LogP contribution in [-0.2, 0) is 4.74 Å². The Labute approximate surface area is 85.8 Å². The Morgan fingerprint density at radius 1 is 1.07 bits per heavy atom. The zero-order valence-electron chi connectivity index (χ0n) is 9.17. The van der Waals surface area contributed by atoms with Crippen LogP contribution in [0.1, 0.15) is 17.5 Å². The van der Waals surface area contributed by atoms with Crippen molar-refractivity contribution >= 4 is 0 Å². The van der Waals surface area contributed by atoms with Gasteiger partial charge < -0.3 is 9.47 Å². The molecule has 0 saturated carbocycles. The van der Waals surface area contributed by atoms with E-state index in [1.165, 1.54) is 11.1 Å². The van der Waals surface area contributed by atoms with Gasteiger partial charge in [0, 0.05) is 20.1 Å². The molecular weight excluding hydrogens is 176 g/mol. The largest absolute Gasteiger partial charge is 0.493 e. The van der Waals surface area contributed by atoms with Crippen LogP contribution in [0.2, 0.25) is 0 Å². The molecule has 1 aromatic carbocycles. The zero-order valence-corrected chi connectivity index (χ0v) is 9.17. The molecule has 0 amide bonds. The van der Waals surface area contributed by atoms with E-state index in [2.05, 4.69) is 26.0 Å². The van der Waals surface area contributed by atoms with Crippen molar-refractivity contribution in [2.75, 3.05) is 20.3 Å². The summed E-state index contributed by atoms with van der Waals surface area (Å²) in [5, 5.41) is 0. The Morgan fingerprint density at radius 2 is 1.71 bits per heavy atom. The topological polar surface area (TPSA) is 18.5 Å². The number of ether oxygens (including phenoxy) is 2. The lowest BCUT2D eigenvalue weighted by Crippen LogP contribution is -2.03. The molecule has 0 heterocycles. The van der Waals surface area contributed by atoms with Crippen LogP contribution in [0.25, 0.3) is 0 Å². The van der Waals surface area contributed by atoms with E-state index in [0.29, 0.717) is 0 Å². The molecule has 14 heavy (non-hydrogen) atoms. The molecule has 0 spiro atoms. The highest BCUT2D eigenvalue weighted by Gasteiger charge is 2.01. The van der Waals surface area contributed by atoms with E-state index >= 15 is 0 Å². The van der Waals surface area contributed by atoms with Crippen LogP contribution in [0.5, 0.6) is 5.75 Å². The number of hydrogen-bond donors (Lipinski definition) is 0. The third kappa shape index (κ3) is 3.04. The fourth-order valence-electron chi connectivity index (χ4n) is 1.40. The normalized spacial score (nSPS) is 10.2. The first-order chi connectivity index (χ1) is 6.75. The predicted octanol–water partition coefficient (Wildman–Crippen LogP) is 2.72. The lowest BCUT2D eigenvalue weighted by Gasteiger charge is -2.11. The molecule has 0 aliphatic heterocycles. The second kappa shape index (κ2) is 5.66. The van der Waals surface area contributed by atoms with Crippen molar-refractivity contribution in [2.24, 2.45) is 0 Å². The smallest absolute Gasteiger partial charge is 0.125 e. The average molecular weight is 194 g/mol. The summed E-state index contributed by atoms with van der Waals surface area (Å²) in [6, 6.07) is 6.18. The van der Waals surface area contributed by atoms with Crippen LogP contribution in [0.3, 0.4) is 0 Å². The molecule has 0 aliphatic carbocycles. The molecule has 0 unspecified atom stereocenters. The number of para-hydroxylation sites is 1. The van der Waals surface area contributed by atoms with Crippen molar-refractivity contribution in [2.45, 2.75) is 20.3 Å². The number of hydrogen-bond acceptors (Lipinski definition) is 2. The summed E-state index contributed by atoms with van der Waals surface area (Å²) >= 11 is 0. The molecule has 2 nitrogen and oxygen atoms in total. The molecule has 0 fully saturated rings. The maximum atomic E-state index is 5.69. The highest BCUT2D eigenvalue weighted by Crippen LogP contribution is 2.22. The second-order valence-electron chi connectivity index (χ2n) is 3.42. The van der Waals surface area contributed by atoms with Crippen molar-refractivity contribution in [3.05, 3.63) is 29.3 Å². The van der Waals surface area contributed by atoms with Crippen LogP contribution >= 0.6 is 0 Å². The molecule has 1 rings (SSSR count). The molecule has 0 saturated heterocycles. The number of benzene rings is 1. The van der Waals surface area contributed by atoms with Crippen molar-refractivity contribution < 1.29 is 9.47 Å². The molecular formula is C12H18O2. The van der Waals surface area contributed by atoms with Crippen molar-refractivity contribution in [3.8, 4) is 5.75 Å². The van der Waals surface area contributed by atoms with E-state index in [-0.39, 0.29) is 0 Å². The van der Waals surface area contributed by atoms with Gasteiger partial charge in [-0.05, 0) is 25.0 Å². The average Bonchev–Trinajstić information content (AvgIpc) is 2.16. The van der Waals surface area contributed by atoms with Gasteiger partial charge >= 0.3 is 0 Å². The Balaban J connectivity index is 2.49. The first kappa shape index (κ1) is 11.1. The SMILES string of the molecule is COCCCOc1c(C)cccc1C. The van der Waals surface area contributed by atoms with Crippen LogP contribution in [0.15, 0.2) is 18.2 Å². The van der Waals surface area contributed by atoms with Gasteiger partial charge in [-0.25, -0.2) is 0 Å². The van der Waals surface area contributed by atoms with Gasteiger partial charge in [0.05, 0.1) is 6.61 Å². The number of aryl methyl sites for hydroxylation is 2. The lowest BCUT2D eigenvalue weighted by atomic mass is 10.1. The molecule has 78 valence electrons. The molecule has 0 radical (unpaired) electrons. The maximum Gasteiger partial charge on any atom is 0.125 e. The summed E-state index contributed by atoms with van der Waals surface area (Å²) < 4.78 is 10.6. The molecule has 0 atom stereocenters. The highest BCUT2D eigenvalue weighted by molar-refractivity contribution is 5.39. The van der Waals surface area contributed by atoms with E-state index in [4.69, 9.17) is 9.47 Å². The Morgan fingerprint density at radius 3 is 2.29 bits per heavy atom. The van der Waals surface area contributed by atoms with Gasteiger partial charge in [-0.1, -0.05) is 18.2 Å². The summed E-state index contributed by atoms with van der Waals surface area (Å²) in [6.07, 6.45) is 0.935. The van der Waals surface area contributed by atoms with Crippen LogP contribution in [-0.4, -0.2) is 20.3 Å². The molecule has 0 N–H and O–H groups in total. The minimum absolute atomic E-state index is 0.722. The fourth-order valence-corrected chi connectivity index (χ4v) is 1.40. The standard InChI is InChI=1S/C12H18O2/c1-10-6-4-7-11(2)12(10)14-9-5-8-13-3/h4,6-7H,5,8-9H2,1-3H3. The molecule has 1 aromatic rings. The van der Waals surface area contributed by atoms with Gasteiger partial charge in [0.2, 0.25) is 0 Å². The maximum absolute atomic E-state index is 5.69. The summed E-state index contributed by atoms with van der Waals surface area (Å²) in [5.41, 5.74) is 2.39. The van der Waals surface area contributed by atoms with Gasteiger partial charge in [-0.15, -0.1) is 0 Å². The summed E-state index contributed by atoms with van der Waals surface area (Å²) in [5.74, 6) is 1.02. The van der Waals surface area contributed by atoms with Crippen LogP contribution < -0.4 is 4.74 Å². The van der Waals surface area contributed by atoms with Crippen molar-refractivity contribution in [3.63, 3.8) is 0 Å². The molecule has 0 aromatic heterocycles. The minimum atomic E-state index is 0.722. The summed E-state index contributed by atoms with van der Waals surface area (Å²) in [4.78, 5) is 0. The first-order valence-electron chi connectivity index (χ1n) is 4.93. The predicted molar refractivity (Wildman–Crippen MR) is 57.9 cm³/mol. The molecule has 2 heteroatoms. The number of methoxy groups -OCH3 is 1. The van der Waals surface area contributed by atoms with Gasteiger partial charge in [0.15, 0.2) is 0 Å². The quantitative estimate of drug-likeness (QED) is 0.671. The van der Waals surface area contributed by atoms with Gasteiger partial charge in [-0.2, -0.15) is 0 Å². The van der Waals surface area contributed by atoms with Crippen molar-refractivity contribution in [1.82, 2.24) is 0 Å². The minimum Gasteiger partial charge on any atom is -0.493 e. The zero-order chi connectivity index (χ0) is 10.4. The Kier molecular flexibility index (Phi) is 4.47. The third-order valence-electron chi connectivity index (χ3n) is 2.15. The Bertz CT molecular complexity index is 261. The Hall–Kier alpha value is -1.02. The third-order valence-corrected chi connectivity index (χ3v) is 2.15. The summed E-state index contributed by atoms with van der Waals surface area (Å²) in [7, 11) is 1.71. The fraction of sp³-hybridized carbons (Fsp3) is 0.500. The van der Waals surface area contributed by atoms with Crippen molar-refractivity contribution in [1.29, 1.82) is 0 Å². The van der Waals surface area contributed by atoms with Gasteiger partial charge in [-0.3, -0.25) is 0 Å². The van der Waals surface area contributed by atoms with Gasteiger partial charge in [0.25, 0.3) is 0 Å². The summed E-state index contributed by atoms with van der Waals surface area (Å²) in [6.45, 7) is 5.61. The second-order valence-corrected chi connectivity index (χ2v) is 3.42. The lowest BCUT2D eigenvalue weighted by molar-refractivity contribution is 0.171. The van der Waals surface area contributed by atoms with Crippen LogP contribution in [0.4, 0.5) is 0 Å². The van der Waals surface area contributed by atoms with E-state index in [1.54, 1.807) is 7.11 Å². The highest BCUT2D eigenvalue weighted by atomic mass is 16.5. The van der Waals surface area contributed by atoms with E-state index in [9.17, 15) is 0 Å². The van der Waals surface area contributed by atoms with E-state index < -0.39 is 0 Å². The first-order valence-corrected chi connectivity index (χ1v) is 4.93. The molecule has 0 bridgehead atoms.